The summed E-state index contributed by atoms with van der Waals surface area (Å²) in [7, 11) is 1.79. The van der Waals surface area contributed by atoms with Gasteiger partial charge in [0.15, 0.2) is 3.92 Å². The van der Waals surface area contributed by atoms with Crippen molar-refractivity contribution in [3.8, 4) is 0 Å². The standard InChI is InChI=1S/C12H17BrN2O2S/c1-12(2,3)17-11(16)15(4)8-6-5-7-9(8)18-10(13)14-7/h8H,5-6H2,1-4H3. The van der Waals surface area contributed by atoms with E-state index < -0.39 is 5.60 Å². The molecule has 18 heavy (non-hydrogen) atoms. The van der Waals surface area contributed by atoms with Crippen molar-refractivity contribution in [1.82, 2.24) is 9.88 Å². The van der Waals surface area contributed by atoms with Gasteiger partial charge in [0.25, 0.3) is 0 Å². The smallest absolute Gasteiger partial charge is 0.410 e. The molecule has 1 atom stereocenters. The van der Waals surface area contributed by atoms with E-state index in [1.54, 1.807) is 23.3 Å². The van der Waals surface area contributed by atoms with Gasteiger partial charge in [0, 0.05) is 7.05 Å². The zero-order valence-electron chi connectivity index (χ0n) is 11.0. The van der Waals surface area contributed by atoms with Gasteiger partial charge in [0.2, 0.25) is 0 Å². The zero-order chi connectivity index (χ0) is 13.5. The van der Waals surface area contributed by atoms with Crippen LogP contribution in [0.2, 0.25) is 0 Å². The predicted octanol–water partition coefficient (Wildman–Crippen LogP) is 3.76. The lowest BCUT2D eigenvalue weighted by Crippen LogP contribution is -2.35. The van der Waals surface area contributed by atoms with E-state index in [-0.39, 0.29) is 12.1 Å². The van der Waals surface area contributed by atoms with E-state index in [2.05, 4.69) is 20.9 Å². The molecule has 0 bridgehead atoms. The van der Waals surface area contributed by atoms with Crippen molar-refractivity contribution in [1.29, 1.82) is 0 Å². The third-order valence-corrected chi connectivity index (χ3v) is 4.46. The van der Waals surface area contributed by atoms with Gasteiger partial charge < -0.3 is 9.64 Å². The number of carbonyl (C=O) groups is 1. The molecule has 0 aliphatic heterocycles. The molecule has 0 fully saturated rings. The van der Waals surface area contributed by atoms with Crippen LogP contribution in [-0.2, 0) is 11.2 Å². The normalized spacial score (nSPS) is 18.6. The lowest BCUT2D eigenvalue weighted by Gasteiger charge is -2.28. The first kappa shape index (κ1) is 13.8. The van der Waals surface area contributed by atoms with Gasteiger partial charge in [0.05, 0.1) is 16.6 Å². The van der Waals surface area contributed by atoms with Crippen molar-refractivity contribution in [2.75, 3.05) is 7.05 Å². The van der Waals surface area contributed by atoms with Crippen LogP contribution in [0.1, 0.15) is 43.8 Å². The summed E-state index contributed by atoms with van der Waals surface area (Å²) < 4.78 is 6.28. The maximum atomic E-state index is 12.0. The minimum atomic E-state index is -0.457. The number of halogens is 1. The fraction of sp³-hybridized carbons (Fsp3) is 0.667. The summed E-state index contributed by atoms with van der Waals surface area (Å²) in [6.45, 7) is 5.63. The Balaban J connectivity index is 2.11. The van der Waals surface area contributed by atoms with Gasteiger partial charge in [-0.3, -0.25) is 0 Å². The Morgan fingerprint density at radius 1 is 1.56 bits per heavy atom. The minimum absolute atomic E-state index is 0.0960. The Morgan fingerprint density at radius 3 is 2.83 bits per heavy atom. The molecular weight excluding hydrogens is 316 g/mol. The van der Waals surface area contributed by atoms with Crippen LogP contribution in [0.5, 0.6) is 0 Å². The van der Waals surface area contributed by atoms with Crippen molar-refractivity contribution in [3.05, 3.63) is 14.5 Å². The Labute approximate surface area is 119 Å². The Bertz CT molecular complexity index is 467. The van der Waals surface area contributed by atoms with Crippen LogP contribution in [-0.4, -0.2) is 28.6 Å². The van der Waals surface area contributed by atoms with Crippen LogP contribution in [0, 0.1) is 0 Å². The van der Waals surface area contributed by atoms with Gasteiger partial charge in [-0.15, -0.1) is 11.3 Å². The highest BCUT2D eigenvalue weighted by Crippen LogP contribution is 2.40. The molecule has 4 nitrogen and oxygen atoms in total. The number of nitrogens with zero attached hydrogens (tertiary/aromatic N) is 2. The van der Waals surface area contributed by atoms with Gasteiger partial charge in [-0.25, -0.2) is 9.78 Å². The molecule has 0 saturated carbocycles. The van der Waals surface area contributed by atoms with Crippen LogP contribution < -0.4 is 0 Å². The summed E-state index contributed by atoms with van der Waals surface area (Å²) in [6.07, 6.45) is 1.58. The average molecular weight is 333 g/mol. The molecule has 2 rings (SSSR count). The summed E-state index contributed by atoms with van der Waals surface area (Å²) in [5.41, 5.74) is 0.647. The molecule has 6 heteroatoms. The molecule has 0 radical (unpaired) electrons. The molecule has 1 aromatic heterocycles. The number of fused-ring (bicyclic) bond motifs is 1. The minimum Gasteiger partial charge on any atom is -0.444 e. The van der Waals surface area contributed by atoms with E-state index in [0.29, 0.717) is 0 Å². The molecule has 0 aromatic carbocycles. The Morgan fingerprint density at radius 2 is 2.22 bits per heavy atom. The highest BCUT2D eigenvalue weighted by molar-refractivity contribution is 9.11. The second kappa shape index (κ2) is 4.81. The predicted molar refractivity (Wildman–Crippen MR) is 74.9 cm³/mol. The largest absolute Gasteiger partial charge is 0.444 e. The number of thiazole rings is 1. The fourth-order valence-corrected chi connectivity index (χ4v) is 3.76. The van der Waals surface area contributed by atoms with Crippen LogP contribution in [0.4, 0.5) is 4.79 Å². The van der Waals surface area contributed by atoms with Gasteiger partial charge in [-0.05, 0) is 49.5 Å². The number of ether oxygens (including phenoxy) is 1. The first-order valence-corrected chi connectivity index (χ1v) is 7.50. The monoisotopic (exact) mass is 332 g/mol. The maximum Gasteiger partial charge on any atom is 0.410 e. The van der Waals surface area contributed by atoms with Crippen LogP contribution in [0.3, 0.4) is 0 Å². The summed E-state index contributed by atoms with van der Waals surface area (Å²) in [6, 6.07) is 0.0960. The summed E-state index contributed by atoms with van der Waals surface area (Å²) in [5.74, 6) is 0. The van der Waals surface area contributed by atoms with E-state index in [4.69, 9.17) is 4.74 Å². The van der Waals surface area contributed by atoms with Crippen LogP contribution in [0.15, 0.2) is 3.92 Å². The van der Waals surface area contributed by atoms with Crippen LogP contribution in [0.25, 0.3) is 0 Å². The molecule has 0 saturated heterocycles. The van der Waals surface area contributed by atoms with E-state index in [1.165, 1.54) is 4.88 Å². The molecule has 1 amide bonds. The summed E-state index contributed by atoms with van der Waals surface area (Å²) in [4.78, 5) is 19.3. The first-order chi connectivity index (χ1) is 8.28. The highest BCUT2D eigenvalue weighted by atomic mass is 79.9. The summed E-state index contributed by atoms with van der Waals surface area (Å²) >= 11 is 5.00. The van der Waals surface area contributed by atoms with Gasteiger partial charge in [-0.1, -0.05) is 0 Å². The van der Waals surface area contributed by atoms with E-state index >= 15 is 0 Å². The maximum absolute atomic E-state index is 12.0. The van der Waals surface area contributed by atoms with E-state index in [1.807, 2.05) is 20.8 Å². The average Bonchev–Trinajstić information content (AvgIpc) is 2.72. The number of amides is 1. The molecule has 1 aromatic rings. The number of rotatable bonds is 1. The van der Waals surface area contributed by atoms with Crippen molar-refractivity contribution < 1.29 is 9.53 Å². The second-order valence-electron chi connectivity index (χ2n) is 5.42. The number of aryl methyl sites for hydroxylation is 1. The molecule has 0 N–H and O–H groups in total. The third-order valence-electron chi connectivity index (χ3n) is 2.81. The Kier molecular flexibility index (Phi) is 3.69. The third kappa shape index (κ3) is 2.85. The van der Waals surface area contributed by atoms with Gasteiger partial charge >= 0.3 is 6.09 Å². The molecule has 100 valence electrons. The van der Waals surface area contributed by atoms with Crippen LogP contribution >= 0.6 is 27.3 Å². The summed E-state index contributed by atoms with van der Waals surface area (Å²) in [5, 5.41) is 0. The van der Waals surface area contributed by atoms with Crippen molar-refractivity contribution in [2.45, 2.75) is 45.3 Å². The van der Waals surface area contributed by atoms with Gasteiger partial charge in [-0.2, -0.15) is 0 Å². The van der Waals surface area contributed by atoms with Crippen molar-refractivity contribution in [2.24, 2.45) is 0 Å². The molecular formula is C12H17BrN2O2S. The highest BCUT2D eigenvalue weighted by Gasteiger charge is 2.33. The molecule has 1 aliphatic rings. The first-order valence-electron chi connectivity index (χ1n) is 5.89. The molecule has 1 unspecified atom stereocenters. The van der Waals surface area contributed by atoms with E-state index in [9.17, 15) is 4.79 Å². The second-order valence-corrected chi connectivity index (χ2v) is 7.73. The van der Waals surface area contributed by atoms with E-state index in [0.717, 1.165) is 22.5 Å². The van der Waals surface area contributed by atoms with Crippen molar-refractivity contribution >= 4 is 33.4 Å². The quantitative estimate of drug-likeness (QED) is 0.786. The molecule has 1 heterocycles. The lowest BCUT2D eigenvalue weighted by atomic mass is 10.2. The zero-order valence-corrected chi connectivity index (χ0v) is 13.4. The van der Waals surface area contributed by atoms with Crippen molar-refractivity contribution in [3.63, 3.8) is 0 Å². The topological polar surface area (TPSA) is 42.4 Å². The number of hydrogen-bond acceptors (Lipinski definition) is 4. The Hall–Kier alpha value is -0.620. The number of aromatic nitrogens is 1. The number of carbonyl (C=O) groups excluding carboxylic acids is 1. The lowest BCUT2D eigenvalue weighted by molar-refractivity contribution is 0.0223. The number of hydrogen-bond donors (Lipinski definition) is 0. The SMILES string of the molecule is CN(C(=O)OC(C)(C)C)C1CCc2nc(Br)sc21. The molecule has 1 aliphatic carbocycles. The van der Waals surface area contributed by atoms with Gasteiger partial charge in [0.1, 0.15) is 5.60 Å². The fourth-order valence-electron chi connectivity index (χ4n) is 2.01. The molecule has 0 spiro atoms.